The average Bonchev–Trinajstić information content (AvgIpc) is 2.90. The molecule has 3 rings (SSSR count). The predicted octanol–water partition coefficient (Wildman–Crippen LogP) is 4.77. The van der Waals surface area contributed by atoms with Crippen molar-refractivity contribution in [2.24, 2.45) is 5.10 Å². The highest BCUT2D eigenvalue weighted by Gasteiger charge is 2.11. The molecule has 0 saturated carbocycles. The summed E-state index contributed by atoms with van der Waals surface area (Å²) in [6.45, 7) is 4.67. The number of hydrazone groups is 1. The number of benzene rings is 2. The molecule has 0 saturated heterocycles. The molecule has 0 aliphatic heterocycles. The summed E-state index contributed by atoms with van der Waals surface area (Å²) in [5, 5.41) is 8.89. The number of ether oxygens (including phenoxy) is 1. The van der Waals surface area contributed by atoms with E-state index in [-0.39, 0.29) is 0 Å². The fourth-order valence-corrected chi connectivity index (χ4v) is 2.97. The Labute approximate surface area is 161 Å². The number of para-hydroxylation sites is 1. The van der Waals surface area contributed by atoms with Crippen molar-refractivity contribution < 1.29 is 4.74 Å². The Morgan fingerprint density at radius 2 is 1.96 bits per heavy atom. The minimum Gasteiger partial charge on any atom is -0.496 e. The summed E-state index contributed by atoms with van der Waals surface area (Å²) in [5.41, 5.74) is 8.09. The van der Waals surface area contributed by atoms with E-state index in [1.54, 1.807) is 13.3 Å². The van der Waals surface area contributed by atoms with Crippen LogP contribution in [0.5, 0.6) is 5.75 Å². The Morgan fingerprint density at radius 3 is 2.62 bits per heavy atom. The summed E-state index contributed by atoms with van der Waals surface area (Å²) in [5.74, 6) is 0.835. The van der Waals surface area contributed by atoms with Crippen LogP contribution in [0.4, 0.5) is 5.69 Å². The third kappa shape index (κ3) is 4.14. The molecule has 0 atom stereocenters. The van der Waals surface area contributed by atoms with Gasteiger partial charge in [0, 0.05) is 5.56 Å². The van der Waals surface area contributed by atoms with E-state index in [0.29, 0.717) is 6.54 Å². The van der Waals surface area contributed by atoms with Crippen LogP contribution in [-0.2, 0) is 6.54 Å². The molecule has 0 amide bonds. The first-order chi connectivity index (χ1) is 12.6. The van der Waals surface area contributed by atoms with Crippen LogP contribution in [0.1, 0.15) is 22.5 Å². The Morgan fingerprint density at radius 1 is 1.19 bits per heavy atom. The van der Waals surface area contributed by atoms with Crippen molar-refractivity contribution in [2.45, 2.75) is 20.4 Å². The number of anilines is 1. The van der Waals surface area contributed by atoms with E-state index >= 15 is 0 Å². The molecule has 26 heavy (non-hydrogen) atoms. The normalized spacial score (nSPS) is 11.1. The van der Waals surface area contributed by atoms with E-state index in [0.717, 1.165) is 38.4 Å². The van der Waals surface area contributed by atoms with E-state index in [9.17, 15) is 0 Å². The van der Waals surface area contributed by atoms with Crippen LogP contribution in [0.25, 0.3) is 0 Å². The maximum absolute atomic E-state index is 5.51. The molecule has 0 fully saturated rings. The molecule has 0 radical (unpaired) electrons. The molecule has 1 aromatic heterocycles. The summed E-state index contributed by atoms with van der Waals surface area (Å²) in [6.07, 6.45) is 1.80. The maximum Gasteiger partial charge on any atom is 0.123 e. The van der Waals surface area contributed by atoms with Crippen LogP contribution in [-0.4, -0.2) is 23.1 Å². The van der Waals surface area contributed by atoms with Gasteiger partial charge in [0.25, 0.3) is 0 Å². The van der Waals surface area contributed by atoms with Gasteiger partial charge in [-0.15, -0.1) is 0 Å². The zero-order valence-electron chi connectivity index (χ0n) is 15.0. The summed E-state index contributed by atoms with van der Waals surface area (Å²) in [7, 11) is 1.68. The Hall–Kier alpha value is -2.60. The topological polar surface area (TPSA) is 51.4 Å². The second kappa shape index (κ2) is 8.19. The first-order valence-corrected chi connectivity index (χ1v) is 9.08. The van der Waals surface area contributed by atoms with E-state index in [1.807, 2.05) is 61.0 Å². The van der Waals surface area contributed by atoms with Gasteiger partial charge in [-0.3, -0.25) is 10.1 Å². The van der Waals surface area contributed by atoms with E-state index in [2.05, 4.69) is 37.6 Å². The molecule has 2 aromatic carbocycles. The first-order valence-electron chi connectivity index (χ1n) is 8.29. The molecule has 0 spiro atoms. The molecular formula is C20H21BrN4O. The molecule has 5 nitrogen and oxygen atoms in total. The van der Waals surface area contributed by atoms with Crippen molar-refractivity contribution in [3.63, 3.8) is 0 Å². The summed E-state index contributed by atoms with van der Waals surface area (Å²) < 4.78 is 8.53. The molecule has 0 unspecified atom stereocenters. The zero-order chi connectivity index (χ0) is 18.5. The van der Waals surface area contributed by atoms with Gasteiger partial charge in [-0.05, 0) is 65.7 Å². The quantitative estimate of drug-likeness (QED) is 0.468. The highest BCUT2D eigenvalue weighted by atomic mass is 79.9. The second-order valence-corrected chi connectivity index (χ2v) is 6.74. The monoisotopic (exact) mass is 412 g/mol. The lowest BCUT2D eigenvalue weighted by molar-refractivity contribution is 0.407. The molecule has 1 N–H and O–H groups in total. The van der Waals surface area contributed by atoms with E-state index < -0.39 is 0 Å². The summed E-state index contributed by atoms with van der Waals surface area (Å²) in [4.78, 5) is 0. The Kier molecular flexibility index (Phi) is 5.73. The largest absolute Gasteiger partial charge is 0.496 e. The Bertz CT molecular complexity index is 919. The molecule has 0 bridgehead atoms. The average molecular weight is 413 g/mol. The van der Waals surface area contributed by atoms with Crippen LogP contribution < -0.4 is 10.2 Å². The molecular weight excluding hydrogens is 392 g/mol. The summed E-state index contributed by atoms with van der Waals surface area (Å²) >= 11 is 3.58. The number of hydrogen-bond donors (Lipinski definition) is 1. The van der Waals surface area contributed by atoms with Gasteiger partial charge in [0.1, 0.15) is 5.75 Å². The van der Waals surface area contributed by atoms with Gasteiger partial charge in [0.2, 0.25) is 0 Å². The number of nitrogens with one attached hydrogen (secondary N) is 1. The molecule has 3 aromatic rings. The number of rotatable bonds is 6. The fraction of sp³-hybridized carbons (Fsp3) is 0.200. The number of hydrogen-bond acceptors (Lipinski definition) is 4. The number of halogens is 1. The lowest BCUT2D eigenvalue weighted by atomic mass is 10.1. The third-order valence-electron chi connectivity index (χ3n) is 4.10. The van der Waals surface area contributed by atoms with Crippen LogP contribution >= 0.6 is 15.9 Å². The Balaban J connectivity index is 1.81. The SMILES string of the molecule is COc1ccc(/C=N\Nc2ccccc2)cc1Cn1nc(C)c(Br)c1C. The highest BCUT2D eigenvalue weighted by Crippen LogP contribution is 2.24. The minimum atomic E-state index is 0.634. The number of aryl methyl sites for hydroxylation is 1. The number of aromatic nitrogens is 2. The van der Waals surface area contributed by atoms with Gasteiger partial charge in [0.05, 0.1) is 41.4 Å². The van der Waals surface area contributed by atoms with Gasteiger partial charge in [0.15, 0.2) is 0 Å². The maximum atomic E-state index is 5.51. The molecule has 6 heteroatoms. The lowest BCUT2D eigenvalue weighted by Crippen LogP contribution is -2.06. The standard InChI is InChI=1S/C20H21BrN4O/c1-14-20(21)15(2)25(24-14)13-17-11-16(9-10-19(17)26-3)12-22-23-18-7-5-4-6-8-18/h4-12,23H,13H2,1-3H3/b22-12-. The van der Waals surface area contributed by atoms with Crippen molar-refractivity contribution in [1.82, 2.24) is 9.78 Å². The van der Waals surface area contributed by atoms with Crippen molar-refractivity contribution in [1.29, 1.82) is 0 Å². The third-order valence-corrected chi connectivity index (χ3v) is 5.25. The first kappa shape index (κ1) is 18.2. The minimum absolute atomic E-state index is 0.634. The van der Waals surface area contributed by atoms with Gasteiger partial charge < -0.3 is 4.74 Å². The smallest absolute Gasteiger partial charge is 0.123 e. The molecule has 1 heterocycles. The van der Waals surface area contributed by atoms with Crippen molar-refractivity contribution in [3.8, 4) is 5.75 Å². The van der Waals surface area contributed by atoms with E-state index in [4.69, 9.17) is 4.74 Å². The van der Waals surface area contributed by atoms with Crippen LogP contribution in [0.3, 0.4) is 0 Å². The molecule has 134 valence electrons. The van der Waals surface area contributed by atoms with E-state index in [1.165, 1.54) is 0 Å². The number of methoxy groups -OCH3 is 1. The van der Waals surface area contributed by atoms with Crippen molar-refractivity contribution in [3.05, 3.63) is 75.5 Å². The van der Waals surface area contributed by atoms with Gasteiger partial charge in [-0.1, -0.05) is 18.2 Å². The van der Waals surface area contributed by atoms with Crippen molar-refractivity contribution in [2.75, 3.05) is 12.5 Å². The zero-order valence-corrected chi connectivity index (χ0v) is 16.6. The van der Waals surface area contributed by atoms with Crippen molar-refractivity contribution >= 4 is 27.8 Å². The lowest BCUT2D eigenvalue weighted by Gasteiger charge is -2.11. The van der Waals surface area contributed by atoms with Gasteiger partial charge in [-0.2, -0.15) is 10.2 Å². The fourth-order valence-electron chi connectivity index (χ4n) is 2.69. The summed E-state index contributed by atoms with van der Waals surface area (Å²) in [6, 6.07) is 15.9. The predicted molar refractivity (Wildman–Crippen MR) is 109 cm³/mol. The van der Waals surface area contributed by atoms with Gasteiger partial charge >= 0.3 is 0 Å². The van der Waals surface area contributed by atoms with Crippen LogP contribution in [0, 0.1) is 13.8 Å². The second-order valence-electron chi connectivity index (χ2n) is 5.95. The highest BCUT2D eigenvalue weighted by molar-refractivity contribution is 9.10. The number of nitrogens with zero attached hydrogens (tertiary/aromatic N) is 3. The molecule has 0 aliphatic rings. The van der Waals surface area contributed by atoms with Gasteiger partial charge in [-0.25, -0.2) is 0 Å². The van der Waals surface area contributed by atoms with Crippen LogP contribution in [0.15, 0.2) is 58.1 Å². The molecule has 0 aliphatic carbocycles. The van der Waals surface area contributed by atoms with Crippen LogP contribution in [0.2, 0.25) is 0 Å².